The standard InChI is InChI=1S/C13H9N5OS2/c14-4-7-11(9-2-1-3-20-9)8(5-15)13(18-12(7)17)21-6-10(16)19/h1-3H,6H2,(H2,16,19)(H2,17,18). The van der Waals surface area contributed by atoms with Crippen LogP contribution in [0.3, 0.4) is 0 Å². The summed E-state index contributed by atoms with van der Waals surface area (Å²) in [6.45, 7) is 0. The predicted octanol–water partition coefficient (Wildman–Crippen LogP) is 1.71. The lowest BCUT2D eigenvalue weighted by atomic mass is 10.0. The second-order valence-corrected chi connectivity index (χ2v) is 5.79. The molecule has 0 fully saturated rings. The van der Waals surface area contributed by atoms with Crippen molar-refractivity contribution in [3.05, 3.63) is 28.6 Å². The number of carbonyl (C=O) groups excluding carboxylic acids is 1. The average molecular weight is 315 g/mol. The molecule has 6 nitrogen and oxygen atoms in total. The summed E-state index contributed by atoms with van der Waals surface area (Å²) in [6, 6.07) is 7.64. The van der Waals surface area contributed by atoms with Crippen LogP contribution < -0.4 is 11.5 Å². The molecule has 0 radical (unpaired) electrons. The number of carbonyl (C=O) groups is 1. The molecule has 0 aliphatic carbocycles. The summed E-state index contributed by atoms with van der Waals surface area (Å²) in [5, 5.41) is 20.8. The van der Waals surface area contributed by atoms with E-state index in [1.807, 2.05) is 23.6 Å². The maximum atomic E-state index is 10.9. The lowest BCUT2D eigenvalue weighted by molar-refractivity contribution is -0.115. The van der Waals surface area contributed by atoms with Gasteiger partial charge in [0.1, 0.15) is 28.5 Å². The zero-order valence-corrected chi connectivity index (χ0v) is 12.3. The van der Waals surface area contributed by atoms with Gasteiger partial charge < -0.3 is 11.5 Å². The van der Waals surface area contributed by atoms with Crippen molar-refractivity contribution in [1.82, 2.24) is 4.98 Å². The van der Waals surface area contributed by atoms with E-state index in [1.165, 1.54) is 11.3 Å². The Labute approximate surface area is 129 Å². The predicted molar refractivity (Wildman–Crippen MR) is 81.3 cm³/mol. The quantitative estimate of drug-likeness (QED) is 0.826. The molecule has 0 bridgehead atoms. The van der Waals surface area contributed by atoms with E-state index in [0.29, 0.717) is 10.6 Å². The van der Waals surface area contributed by atoms with Gasteiger partial charge in [-0.15, -0.1) is 11.3 Å². The molecular weight excluding hydrogens is 306 g/mol. The number of thiophene rings is 1. The van der Waals surface area contributed by atoms with Gasteiger partial charge in [-0.2, -0.15) is 10.5 Å². The Kier molecular flexibility index (Phi) is 4.43. The van der Waals surface area contributed by atoms with E-state index in [4.69, 9.17) is 11.5 Å². The number of aromatic nitrogens is 1. The first-order chi connectivity index (χ1) is 10.1. The van der Waals surface area contributed by atoms with Crippen LogP contribution in [0.15, 0.2) is 22.5 Å². The van der Waals surface area contributed by atoms with Gasteiger partial charge in [-0.25, -0.2) is 4.98 Å². The monoisotopic (exact) mass is 315 g/mol. The van der Waals surface area contributed by atoms with E-state index >= 15 is 0 Å². The van der Waals surface area contributed by atoms with Crippen molar-refractivity contribution in [1.29, 1.82) is 10.5 Å². The molecule has 0 spiro atoms. The van der Waals surface area contributed by atoms with Gasteiger partial charge in [-0.1, -0.05) is 17.8 Å². The van der Waals surface area contributed by atoms with E-state index in [-0.39, 0.29) is 22.7 Å². The lowest BCUT2D eigenvalue weighted by Gasteiger charge is -2.10. The number of hydrogen-bond donors (Lipinski definition) is 2. The number of thioether (sulfide) groups is 1. The van der Waals surface area contributed by atoms with Crippen LogP contribution in [-0.4, -0.2) is 16.6 Å². The fourth-order valence-corrected chi connectivity index (χ4v) is 3.23. The molecule has 2 heterocycles. The third-order valence-electron chi connectivity index (χ3n) is 2.53. The molecule has 0 atom stereocenters. The highest BCUT2D eigenvalue weighted by Gasteiger charge is 2.21. The van der Waals surface area contributed by atoms with E-state index in [9.17, 15) is 15.3 Å². The third kappa shape index (κ3) is 2.97. The zero-order chi connectivity index (χ0) is 15.4. The topological polar surface area (TPSA) is 130 Å². The van der Waals surface area contributed by atoms with Gasteiger partial charge in [0.15, 0.2) is 0 Å². The number of hydrogen-bond acceptors (Lipinski definition) is 7. The minimum absolute atomic E-state index is 0.0170. The van der Waals surface area contributed by atoms with Crippen molar-refractivity contribution in [3.63, 3.8) is 0 Å². The number of nitrogens with zero attached hydrogens (tertiary/aromatic N) is 3. The van der Waals surface area contributed by atoms with Crippen LogP contribution in [0.5, 0.6) is 0 Å². The normalized spacial score (nSPS) is 9.81. The van der Waals surface area contributed by atoms with Crippen molar-refractivity contribution in [3.8, 4) is 22.6 Å². The van der Waals surface area contributed by atoms with Crippen molar-refractivity contribution in [2.45, 2.75) is 5.03 Å². The lowest BCUT2D eigenvalue weighted by Crippen LogP contribution is -2.13. The molecule has 2 aromatic rings. The van der Waals surface area contributed by atoms with Gasteiger partial charge >= 0.3 is 0 Å². The maximum Gasteiger partial charge on any atom is 0.227 e. The van der Waals surface area contributed by atoms with Crippen molar-refractivity contribution in [2.75, 3.05) is 11.5 Å². The highest BCUT2D eigenvalue weighted by atomic mass is 32.2. The molecule has 0 saturated heterocycles. The number of nitrogen functional groups attached to an aromatic ring is 1. The van der Waals surface area contributed by atoms with Crippen LogP contribution >= 0.6 is 23.1 Å². The smallest absolute Gasteiger partial charge is 0.227 e. The number of pyridine rings is 1. The Morgan fingerprint density at radius 2 is 2.10 bits per heavy atom. The SMILES string of the molecule is N#Cc1c(N)nc(SCC(N)=O)c(C#N)c1-c1cccs1. The Bertz CT molecular complexity index is 771. The van der Waals surface area contributed by atoms with Crippen LogP contribution in [-0.2, 0) is 4.79 Å². The van der Waals surface area contributed by atoms with Gasteiger partial charge in [-0.05, 0) is 11.4 Å². The summed E-state index contributed by atoms with van der Waals surface area (Å²) in [6.07, 6.45) is 0. The average Bonchev–Trinajstić information content (AvgIpc) is 2.97. The summed E-state index contributed by atoms with van der Waals surface area (Å²) in [4.78, 5) is 15.7. The first kappa shape index (κ1) is 14.9. The Morgan fingerprint density at radius 3 is 2.62 bits per heavy atom. The molecule has 104 valence electrons. The molecule has 0 unspecified atom stereocenters. The van der Waals surface area contributed by atoms with E-state index in [2.05, 4.69) is 4.98 Å². The minimum Gasteiger partial charge on any atom is -0.383 e. The van der Waals surface area contributed by atoms with Crippen LogP contribution in [0.1, 0.15) is 11.1 Å². The highest BCUT2D eigenvalue weighted by molar-refractivity contribution is 8.00. The fourth-order valence-electron chi connectivity index (χ4n) is 1.71. The van der Waals surface area contributed by atoms with Crippen LogP contribution in [0.2, 0.25) is 0 Å². The molecule has 4 N–H and O–H groups in total. The Hall–Kier alpha value is -2.55. The van der Waals surface area contributed by atoms with Gasteiger partial charge in [0.05, 0.1) is 11.3 Å². The van der Waals surface area contributed by atoms with Gasteiger partial charge in [0.2, 0.25) is 5.91 Å². The first-order valence-electron chi connectivity index (χ1n) is 5.67. The zero-order valence-electron chi connectivity index (χ0n) is 10.7. The van der Waals surface area contributed by atoms with Gasteiger partial charge in [0.25, 0.3) is 0 Å². The van der Waals surface area contributed by atoms with Crippen molar-refractivity contribution in [2.24, 2.45) is 5.73 Å². The molecule has 8 heteroatoms. The Morgan fingerprint density at radius 1 is 1.38 bits per heavy atom. The minimum atomic E-state index is -0.522. The molecule has 2 aromatic heterocycles. The molecule has 0 aliphatic rings. The molecule has 2 rings (SSSR count). The summed E-state index contributed by atoms with van der Waals surface area (Å²) < 4.78 is 0. The second-order valence-electron chi connectivity index (χ2n) is 3.88. The molecule has 0 aliphatic heterocycles. The van der Waals surface area contributed by atoms with E-state index in [1.54, 1.807) is 6.07 Å². The van der Waals surface area contributed by atoms with E-state index < -0.39 is 5.91 Å². The second kappa shape index (κ2) is 6.27. The summed E-state index contributed by atoms with van der Waals surface area (Å²) in [7, 11) is 0. The molecule has 0 saturated carbocycles. The Balaban J connectivity index is 2.69. The van der Waals surface area contributed by atoms with Crippen LogP contribution in [0.4, 0.5) is 5.82 Å². The number of nitriles is 2. The number of primary amides is 1. The summed E-state index contributed by atoms with van der Waals surface area (Å²) in [5.41, 5.74) is 11.8. The molecule has 1 amide bonds. The van der Waals surface area contributed by atoms with Gasteiger partial charge in [-0.3, -0.25) is 4.79 Å². The molecule has 0 aromatic carbocycles. The third-order valence-corrected chi connectivity index (χ3v) is 4.42. The van der Waals surface area contributed by atoms with Crippen LogP contribution in [0, 0.1) is 22.7 Å². The highest BCUT2D eigenvalue weighted by Crippen LogP contribution is 2.37. The molecular formula is C13H9N5OS2. The summed E-state index contributed by atoms with van der Waals surface area (Å²) >= 11 is 2.42. The number of nitrogens with two attached hydrogens (primary N) is 2. The number of anilines is 1. The first-order valence-corrected chi connectivity index (χ1v) is 7.53. The maximum absolute atomic E-state index is 10.9. The largest absolute Gasteiger partial charge is 0.383 e. The van der Waals surface area contributed by atoms with Crippen molar-refractivity contribution >= 4 is 34.8 Å². The number of amides is 1. The van der Waals surface area contributed by atoms with E-state index in [0.717, 1.165) is 16.6 Å². The van der Waals surface area contributed by atoms with Crippen molar-refractivity contribution < 1.29 is 4.79 Å². The van der Waals surface area contributed by atoms with Gasteiger partial charge in [0, 0.05) is 10.4 Å². The van der Waals surface area contributed by atoms with Crippen LogP contribution in [0.25, 0.3) is 10.4 Å². The number of rotatable bonds is 4. The summed E-state index contributed by atoms with van der Waals surface area (Å²) in [5.74, 6) is -0.505. The fraction of sp³-hybridized carbons (Fsp3) is 0.0769. The molecule has 21 heavy (non-hydrogen) atoms.